The fourth-order valence-corrected chi connectivity index (χ4v) is 5.37. The van der Waals surface area contributed by atoms with Gasteiger partial charge in [-0.2, -0.15) is 13.2 Å². The molecule has 2 amide bonds. The van der Waals surface area contributed by atoms with Crippen molar-refractivity contribution < 1.29 is 32.2 Å². The number of hydrogen-bond donors (Lipinski definition) is 1. The monoisotopic (exact) mass is 604 g/mol. The highest BCUT2D eigenvalue weighted by Gasteiger charge is 2.35. The van der Waals surface area contributed by atoms with Crippen LogP contribution >= 0.6 is 22.9 Å². The summed E-state index contributed by atoms with van der Waals surface area (Å²) >= 11 is 7.34. The molecule has 0 aromatic carbocycles. The average molecular weight is 605 g/mol. The van der Waals surface area contributed by atoms with Crippen LogP contribution in [0.2, 0.25) is 5.02 Å². The van der Waals surface area contributed by atoms with Crippen molar-refractivity contribution in [1.29, 1.82) is 0 Å². The van der Waals surface area contributed by atoms with Crippen LogP contribution in [0.25, 0.3) is 11.1 Å². The van der Waals surface area contributed by atoms with Crippen molar-refractivity contribution in [2.45, 2.75) is 26.2 Å². The van der Waals surface area contributed by atoms with Gasteiger partial charge < -0.3 is 14.4 Å². The van der Waals surface area contributed by atoms with Gasteiger partial charge in [0.05, 0.1) is 48.5 Å². The van der Waals surface area contributed by atoms with Gasteiger partial charge in [-0.1, -0.05) is 22.9 Å². The highest BCUT2D eigenvalue weighted by Crippen LogP contribution is 2.36. The summed E-state index contributed by atoms with van der Waals surface area (Å²) in [6, 6.07) is 5.14. The second-order valence-corrected chi connectivity index (χ2v) is 10.4. The van der Waals surface area contributed by atoms with E-state index in [1.165, 1.54) is 35.7 Å². The first kappa shape index (κ1) is 28.2. The first-order valence-electron chi connectivity index (χ1n) is 11.9. The van der Waals surface area contributed by atoms with Gasteiger partial charge in [0.1, 0.15) is 11.3 Å². The molecule has 0 spiro atoms. The Balaban J connectivity index is 1.34. The second kappa shape index (κ2) is 10.9. The molecule has 0 saturated heterocycles. The predicted molar refractivity (Wildman–Crippen MR) is 143 cm³/mol. The van der Waals surface area contributed by atoms with Crippen LogP contribution in [0.5, 0.6) is 11.8 Å². The van der Waals surface area contributed by atoms with Gasteiger partial charge in [0.2, 0.25) is 11.8 Å². The number of aryl methyl sites for hydroxylation is 1. The largest absolute Gasteiger partial charge is 0.481 e. The highest BCUT2D eigenvalue weighted by atomic mass is 35.5. The number of pyridine rings is 3. The quantitative estimate of drug-likeness (QED) is 0.311. The van der Waals surface area contributed by atoms with Gasteiger partial charge in [-0.05, 0) is 31.2 Å². The van der Waals surface area contributed by atoms with E-state index in [0.29, 0.717) is 32.7 Å². The topological polar surface area (TPSA) is 119 Å². The van der Waals surface area contributed by atoms with Gasteiger partial charge in [0.25, 0.3) is 11.8 Å². The fraction of sp³-hybridized carbons (Fsp3) is 0.231. The van der Waals surface area contributed by atoms with E-state index in [1.54, 1.807) is 19.1 Å². The lowest BCUT2D eigenvalue weighted by Crippen LogP contribution is -2.26. The molecule has 0 bridgehead atoms. The number of halogens is 4. The molecule has 4 aromatic heterocycles. The zero-order valence-corrected chi connectivity index (χ0v) is 23.2. The number of amides is 2. The fourth-order valence-electron chi connectivity index (χ4n) is 4.23. The number of fused-ring (bicyclic) bond motifs is 1. The zero-order chi connectivity index (χ0) is 29.5. The summed E-state index contributed by atoms with van der Waals surface area (Å²) in [5.41, 5.74) is 1.23. The van der Waals surface area contributed by atoms with E-state index in [0.717, 1.165) is 24.1 Å². The van der Waals surface area contributed by atoms with E-state index in [2.05, 4.69) is 25.3 Å². The number of alkyl halides is 3. The molecule has 5 heterocycles. The number of aromatic nitrogens is 4. The van der Waals surface area contributed by atoms with Crippen molar-refractivity contribution in [1.82, 2.24) is 24.8 Å². The molecule has 1 N–H and O–H groups in total. The molecule has 0 atom stereocenters. The van der Waals surface area contributed by atoms with E-state index in [-0.39, 0.29) is 30.1 Å². The SMILES string of the molecule is COc1nc(C(F)(F)F)ccc1C(=O)N1Cc2nc(NC(=O)c3cnc(C)cc3-c3cc(Cl)cnc3OC)sc2C1. The number of anilines is 1. The third-order valence-corrected chi connectivity index (χ3v) is 7.33. The molecule has 0 fully saturated rings. The molecule has 1 aliphatic heterocycles. The van der Waals surface area contributed by atoms with Crippen molar-refractivity contribution in [3.05, 3.63) is 74.8 Å². The smallest absolute Gasteiger partial charge is 0.433 e. The normalized spacial score (nSPS) is 12.7. The Morgan fingerprint density at radius 2 is 1.76 bits per heavy atom. The summed E-state index contributed by atoms with van der Waals surface area (Å²) in [5, 5.41) is 3.45. The average Bonchev–Trinajstić information content (AvgIpc) is 3.50. The first-order chi connectivity index (χ1) is 19.5. The lowest BCUT2D eigenvalue weighted by Gasteiger charge is -2.17. The van der Waals surface area contributed by atoms with Gasteiger partial charge in [0, 0.05) is 29.2 Å². The summed E-state index contributed by atoms with van der Waals surface area (Å²) < 4.78 is 49.4. The van der Waals surface area contributed by atoms with Gasteiger partial charge in [0.15, 0.2) is 5.13 Å². The molecule has 10 nitrogen and oxygen atoms in total. The van der Waals surface area contributed by atoms with E-state index >= 15 is 0 Å². The Labute approximate surface area is 240 Å². The minimum absolute atomic E-state index is 0.0907. The Hall–Kier alpha value is -4.30. The van der Waals surface area contributed by atoms with Crippen LogP contribution in [-0.4, -0.2) is 50.9 Å². The molecule has 15 heteroatoms. The van der Waals surface area contributed by atoms with Crippen LogP contribution < -0.4 is 14.8 Å². The maximum atomic E-state index is 13.3. The number of thiazole rings is 1. The predicted octanol–water partition coefficient (Wildman–Crippen LogP) is 5.40. The molecule has 0 radical (unpaired) electrons. The number of hydrogen-bond acceptors (Lipinski definition) is 9. The molecule has 41 heavy (non-hydrogen) atoms. The molecule has 1 aliphatic rings. The third-order valence-electron chi connectivity index (χ3n) is 6.12. The summed E-state index contributed by atoms with van der Waals surface area (Å²) in [5.74, 6) is -1.17. The Bertz CT molecular complexity index is 1660. The maximum Gasteiger partial charge on any atom is 0.433 e. The molecule has 0 saturated carbocycles. The van der Waals surface area contributed by atoms with Crippen molar-refractivity contribution >= 4 is 39.9 Å². The second-order valence-electron chi connectivity index (χ2n) is 8.84. The summed E-state index contributed by atoms with van der Waals surface area (Å²) in [6.07, 6.45) is -1.80. The zero-order valence-electron chi connectivity index (χ0n) is 21.7. The number of ether oxygens (including phenoxy) is 2. The molecule has 0 unspecified atom stereocenters. The lowest BCUT2D eigenvalue weighted by molar-refractivity contribution is -0.141. The number of nitrogens with one attached hydrogen (secondary N) is 1. The molecule has 212 valence electrons. The minimum atomic E-state index is -4.68. The third kappa shape index (κ3) is 5.65. The maximum absolute atomic E-state index is 13.3. The lowest BCUT2D eigenvalue weighted by atomic mass is 10.0. The van der Waals surface area contributed by atoms with Crippen molar-refractivity contribution in [2.24, 2.45) is 0 Å². The van der Waals surface area contributed by atoms with Crippen LogP contribution in [0, 0.1) is 6.92 Å². The van der Waals surface area contributed by atoms with Crippen molar-refractivity contribution in [2.75, 3.05) is 19.5 Å². The number of carbonyl (C=O) groups excluding carboxylic acids is 2. The van der Waals surface area contributed by atoms with Crippen molar-refractivity contribution in [3.8, 4) is 22.9 Å². The van der Waals surface area contributed by atoms with Crippen LogP contribution in [0.4, 0.5) is 18.3 Å². The summed E-state index contributed by atoms with van der Waals surface area (Å²) in [4.78, 5) is 44.8. The number of carbonyl (C=O) groups is 2. The molecular formula is C26H20ClF3N6O4S. The Morgan fingerprint density at radius 1 is 1.00 bits per heavy atom. The van der Waals surface area contributed by atoms with Gasteiger partial charge in [-0.25, -0.2) is 15.0 Å². The standard InChI is InChI=1S/C26H20ClF3N6O4S/c1-12-6-15(16-7-13(27)8-32-22(16)39-2)17(9-31-12)21(37)35-25-33-18-10-36(11-19(18)41-25)24(38)14-4-5-20(26(28,29)30)34-23(14)40-3/h4-9H,10-11H2,1-3H3,(H,33,35,37). The van der Waals surface area contributed by atoms with E-state index in [9.17, 15) is 22.8 Å². The van der Waals surface area contributed by atoms with Gasteiger partial charge >= 0.3 is 6.18 Å². The van der Waals surface area contributed by atoms with E-state index < -0.39 is 29.6 Å². The van der Waals surface area contributed by atoms with Crippen LogP contribution in [0.15, 0.2) is 36.7 Å². The molecule has 0 aliphatic carbocycles. The van der Waals surface area contributed by atoms with Gasteiger partial charge in [-0.3, -0.25) is 19.9 Å². The summed E-state index contributed by atoms with van der Waals surface area (Å²) in [6.45, 7) is 2.02. The minimum Gasteiger partial charge on any atom is -0.481 e. The first-order valence-corrected chi connectivity index (χ1v) is 13.1. The Morgan fingerprint density at radius 3 is 2.44 bits per heavy atom. The number of methoxy groups -OCH3 is 2. The number of nitrogens with zero attached hydrogens (tertiary/aromatic N) is 5. The van der Waals surface area contributed by atoms with E-state index in [1.807, 2.05) is 0 Å². The molecule has 4 aromatic rings. The summed E-state index contributed by atoms with van der Waals surface area (Å²) in [7, 11) is 2.60. The molecule has 5 rings (SSSR count). The highest BCUT2D eigenvalue weighted by molar-refractivity contribution is 7.16. The Kier molecular flexibility index (Phi) is 7.53. The molecular weight excluding hydrogens is 585 g/mol. The van der Waals surface area contributed by atoms with Crippen LogP contribution in [0.3, 0.4) is 0 Å². The number of rotatable bonds is 6. The van der Waals surface area contributed by atoms with Gasteiger partial charge in [-0.15, -0.1) is 0 Å². The van der Waals surface area contributed by atoms with E-state index in [4.69, 9.17) is 21.1 Å². The van der Waals surface area contributed by atoms with Crippen molar-refractivity contribution in [3.63, 3.8) is 0 Å². The van der Waals surface area contributed by atoms with Crippen LogP contribution in [-0.2, 0) is 19.3 Å². The van der Waals surface area contributed by atoms with Crippen LogP contribution in [0.1, 0.15) is 42.7 Å².